The molecule has 0 aliphatic heterocycles. The number of nitrogens with zero attached hydrogens (tertiary/aromatic N) is 2. The molecule has 1 amide bonds. The average Bonchev–Trinajstić information content (AvgIpc) is 3.30. The number of amides is 1. The first-order chi connectivity index (χ1) is 14.0. The molecule has 148 valence electrons. The third kappa shape index (κ3) is 3.98. The maximum atomic E-state index is 12.5. The molecule has 0 aliphatic rings. The van der Waals surface area contributed by atoms with Crippen LogP contribution < -0.4 is 5.43 Å². The second-order valence-corrected chi connectivity index (χ2v) is 8.96. The van der Waals surface area contributed by atoms with Crippen molar-refractivity contribution in [3.63, 3.8) is 0 Å². The summed E-state index contributed by atoms with van der Waals surface area (Å²) in [5.41, 5.74) is 5.39. The molecule has 0 bridgehead atoms. The fourth-order valence-electron chi connectivity index (χ4n) is 3.30. The Kier molecular flexibility index (Phi) is 5.78. The second kappa shape index (κ2) is 8.31. The van der Waals surface area contributed by atoms with Crippen molar-refractivity contribution in [3.8, 4) is 0 Å². The number of para-hydroxylation sites is 1. The number of benzene rings is 2. The van der Waals surface area contributed by atoms with Crippen LogP contribution in [0.4, 0.5) is 0 Å². The number of carbonyl (C=O) groups excluding carboxylic acids is 1. The van der Waals surface area contributed by atoms with Gasteiger partial charge in [0.1, 0.15) is 5.58 Å². The maximum Gasteiger partial charge on any atom is 0.307 e. The summed E-state index contributed by atoms with van der Waals surface area (Å²) in [4.78, 5) is 12.5. The molecule has 4 aromatic rings. The number of hydrogen-bond donors (Lipinski definition) is 1. The van der Waals surface area contributed by atoms with E-state index in [0.29, 0.717) is 11.6 Å². The fourth-order valence-corrected chi connectivity index (χ4v) is 4.96. The Morgan fingerprint density at radius 3 is 2.93 bits per heavy atom. The van der Waals surface area contributed by atoms with Gasteiger partial charge < -0.3 is 8.98 Å². The Morgan fingerprint density at radius 1 is 1.34 bits per heavy atom. The minimum atomic E-state index is -0.380. The third-order valence-electron chi connectivity index (χ3n) is 4.97. The van der Waals surface area contributed by atoms with Crippen molar-refractivity contribution < 1.29 is 9.21 Å². The van der Waals surface area contributed by atoms with Gasteiger partial charge in [-0.25, -0.2) is 5.43 Å². The zero-order valence-electron chi connectivity index (χ0n) is 15.9. The Balaban J connectivity index is 1.58. The van der Waals surface area contributed by atoms with E-state index in [9.17, 15) is 4.79 Å². The molecule has 2 heterocycles. The SMILES string of the molecule is CC[C@H](C)n1cc(/C=N\NC(=O)c2cc3cc(Br)cc(I)c3o2)c2ccccc21. The average molecular weight is 564 g/mol. The lowest BCUT2D eigenvalue weighted by molar-refractivity contribution is 0.0929. The molecule has 0 aliphatic carbocycles. The first-order valence-electron chi connectivity index (χ1n) is 9.29. The Hall–Kier alpha value is -2.13. The van der Waals surface area contributed by atoms with E-state index in [4.69, 9.17) is 4.42 Å². The minimum Gasteiger partial charge on any atom is -0.450 e. The number of rotatable bonds is 5. The predicted molar refractivity (Wildman–Crippen MR) is 129 cm³/mol. The molecule has 4 rings (SSSR count). The van der Waals surface area contributed by atoms with Gasteiger partial charge in [-0.15, -0.1) is 0 Å². The van der Waals surface area contributed by atoms with Gasteiger partial charge in [0.15, 0.2) is 5.76 Å². The van der Waals surface area contributed by atoms with Gasteiger partial charge in [-0.3, -0.25) is 4.79 Å². The van der Waals surface area contributed by atoms with Crippen molar-refractivity contribution >= 4 is 72.5 Å². The topological polar surface area (TPSA) is 59.5 Å². The van der Waals surface area contributed by atoms with Crippen molar-refractivity contribution in [1.29, 1.82) is 0 Å². The summed E-state index contributed by atoms with van der Waals surface area (Å²) in [6.07, 6.45) is 4.80. The van der Waals surface area contributed by atoms with Crippen molar-refractivity contribution in [2.45, 2.75) is 26.3 Å². The van der Waals surface area contributed by atoms with E-state index in [1.807, 2.05) is 24.3 Å². The van der Waals surface area contributed by atoms with E-state index in [-0.39, 0.29) is 11.7 Å². The highest BCUT2D eigenvalue weighted by Crippen LogP contribution is 2.28. The lowest BCUT2D eigenvalue weighted by Gasteiger charge is -2.12. The smallest absolute Gasteiger partial charge is 0.307 e. The number of hydrogen-bond acceptors (Lipinski definition) is 3. The van der Waals surface area contributed by atoms with E-state index in [0.717, 1.165) is 36.3 Å². The van der Waals surface area contributed by atoms with Gasteiger partial charge in [-0.2, -0.15) is 5.10 Å². The van der Waals surface area contributed by atoms with Crippen LogP contribution in [-0.4, -0.2) is 16.7 Å². The zero-order valence-corrected chi connectivity index (χ0v) is 19.7. The van der Waals surface area contributed by atoms with Crippen molar-refractivity contribution in [3.05, 3.63) is 68.0 Å². The first kappa shape index (κ1) is 20.2. The predicted octanol–water partition coefficient (Wildman–Crippen LogP) is 6.49. The molecule has 7 heteroatoms. The first-order valence-corrected chi connectivity index (χ1v) is 11.2. The van der Waals surface area contributed by atoms with Crippen LogP contribution in [0.1, 0.15) is 42.4 Å². The van der Waals surface area contributed by atoms with Gasteiger partial charge in [0.2, 0.25) is 0 Å². The molecular weight excluding hydrogens is 545 g/mol. The quantitative estimate of drug-likeness (QED) is 0.171. The lowest BCUT2D eigenvalue weighted by Crippen LogP contribution is -2.16. The Morgan fingerprint density at radius 2 is 2.14 bits per heavy atom. The van der Waals surface area contributed by atoms with E-state index in [1.54, 1.807) is 12.3 Å². The van der Waals surface area contributed by atoms with Gasteiger partial charge in [0.05, 0.1) is 9.78 Å². The summed E-state index contributed by atoms with van der Waals surface area (Å²) in [7, 11) is 0. The number of halogens is 2. The summed E-state index contributed by atoms with van der Waals surface area (Å²) in [6.45, 7) is 4.36. The molecule has 2 aromatic carbocycles. The van der Waals surface area contributed by atoms with Crippen LogP contribution >= 0.6 is 38.5 Å². The van der Waals surface area contributed by atoms with E-state index in [2.05, 4.69) is 85.8 Å². The van der Waals surface area contributed by atoms with Gasteiger partial charge >= 0.3 is 5.91 Å². The third-order valence-corrected chi connectivity index (χ3v) is 6.23. The normalized spacial score (nSPS) is 12.8. The van der Waals surface area contributed by atoms with Crippen LogP contribution in [0, 0.1) is 3.57 Å². The highest BCUT2D eigenvalue weighted by atomic mass is 127. The lowest BCUT2D eigenvalue weighted by atomic mass is 10.2. The highest BCUT2D eigenvalue weighted by Gasteiger charge is 2.15. The van der Waals surface area contributed by atoms with E-state index in [1.165, 1.54) is 0 Å². The fraction of sp³-hybridized carbons (Fsp3) is 0.182. The van der Waals surface area contributed by atoms with Gasteiger partial charge in [0.25, 0.3) is 0 Å². The molecule has 0 spiro atoms. The zero-order chi connectivity index (χ0) is 20.5. The number of nitrogens with one attached hydrogen (secondary N) is 1. The van der Waals surface area contributed by atoms with Crippen LogP contribution in [-0.2, 0) is 0 Å². The van der Waals surface area contributed by atoms with Gasteiger partial charge in [-0.1, -0.05) is 41.1 Å². The summed E-state index contributed by atoms with van der Waals surface area (Å²) in [5.74, 6) is -0.148. The number of aromatic nitrogens is 1. The van der Waals surface area contributed by atoms with Gasteiger partial charge in [-0.05, 0) is 60.2 Å². The standard InChI is InChI=1S/C22H19BrIN3O2/c1-3-13(2)27-12-15(17-6-4-5-7-19(17)27)11-25-26-22(28)20-9-14-8-16(23)10-18(24)21(14)29-20/h4-13H,3H2,1-2H3,(H,26,28)/b25-11-/t13-/m0/s1. The Labute approximate surface area is 190 Å². The molecular formula is C22H19BrIN3O2. The van der Waals surface area contributed by atoms with Crippen LogP contribution in [0.2, 0.25) is 0 Å². The second-order valence-electron chi connectivity index (χ2n) is 6.88. The van der Waals surface area contributed by atoms with Gasteiger partial charge in [0, 0.05) is 38.6 Å². The summed E-state index contributed by atoms with van der Waals surface area (Å²) in [5, 5.41) is 6.14. The summed E-state index contributed by atoms with van der Waals surface area (Å²) >= 11 is 5.65. The van der Waals surface area contributed by atoms with E-state index < -0.39 is 0 Å². The molecule has 0 saturated heterocycles. The summed E-state index contributed by atoms with van der Waals surface area (Å²) in [6, 6.07) is 14.2. The molecule has 2 aromatic heterocycles. The van der Waals surface area contributed by atoms with Crippen molar-refractivity contribution in [1.82, 2.24) is 9.99 Å². The molecule has 0 saturated carbocycles. The monoisotopic (exact) mass is 563 g/mol. The highest BCUT2D eigenvalue weighted by molar-refractivity contribution is 14.1. The number of furan rings is 1. The molecule has 1 N–H and O–H groups in total. The molecule has 29 heavy (non-hydrogen) atoms. The van der Waals surface area contributed by atoms with Crippen molar-refractivity contribution in [2.75, 3.05) is 0 Å². The molecule has 1 atom stereocenters. The minimum absolute atomic E-state index is 0.232. The molecule has 0 radical (unpaired) electrons. The maximum absolute atomic E-state index is 12.5. The van der Waals surface area contributed by atoms with Crippen LogP contribution in [0.5, 0.6) is 0 Å². The number of fused-ring (bicyclic) bond motifs is 2. The van der Waals surface area contributed by atoms with E-state index >= 15 is 0 Å². The number of carbonyl (C=O) groups is 1. The van der Waals surface area contributed by atoms with Crippen LogP contribution in [0.15, 0.2) is 62.7 Å². The number of hydrazone groups is 1. The Bertz CT molecular complexity index is 1240. The largest absolute Gasteiger partial charge is 0.450 e. The summed E-state index contributed by atoms with van der Waals surface area (Å²) < 4.78 is 9.85. The molecule has 0 fully saturated rings. The van der Waals surface area contributed by atoms with Crippen LogP contribution in [0.3, 0.4) is 0 Å². The molecule has 5 nitrogen and oxygen atoms in total. The molecule has 0 unspecified atom stereocenters. The van der Waals surface area contributed by atoms with Crippen LogP contribution in [0.25, 0.3) is 21.9 Å². The van der Waals surface area contributed by atoms with Crippen molar-refractivity contribution in [2.24, 2.45) is 5.10 Å².